The number of carbonyl (C=O) groups is 2. The Bertz CT molecular complexity index is 931. The summed E-state index contributed by atoms with van der Waals surface area (Å²) in [7, 11) is 0. The van der Waals surface area contributed by atoms with Crippen LogP contribution in [-0.2, 0) is 9.59 Å². The average molecular weight is 398 g/mol. The van der Waals surface area contributed by atoms with Gasteiger partial charge < -0.3 is 10.0 Å². The zero-order valence-corrected chi connectivity index (χ0v) is 17.0. The number of nitrogens with zero attached hydrogens (tertiary/aromatic N) is 1. The van der Waals surface area contributed by atoms with E-state index in [2.05, 4.69) is 13.8 Å². The summed E-state index contributed by atoms with van der Waals surface area (Å²) < 4.78 is 0. The van der Waals surface area contributed by atoms with Gasteiger partial charge in [-0.3, -0.25) is 9.59 Å². The Morgan fingerprint density at radius 2 is 1.82 bits per heavy atom. The first-order valence-corrected chi connectivity index (χ1v) is 9.87. The molecule has 1 fully saturated rings. The minimum Gasteiger partial charge on any atom is -0.507 e. The molecule has 0 saturated carbocycles. The third kappa shape index (κ3) is 3.69. The topological polar surface area (TPSA) is 57.6 Å². The summed E-state index contributed by atoms with van der Waals surface area (Å²) >= 11 is 6.04. The minimum absolute atomic E-state index is 0.109. The molecule has 1 saturated heterocycles. The van der Waals surface area contributed by atoms with Crippen LogP contribution in [0.25, 0.3) is 5.76 Å². The van der Waals surface area contributed by atoms with E-state index in [4.69, 9.17) is 11.6 Å². The molecule has 2 aromatic carbocycles. The van der Waals surface area contributed by atoms with Crippen molar-refractivity contribution in [1.82, 2.24) is 4.90 Å². The fraction of sp³-hybridized carbons (Fsp3) is 0.304. The number of ketones is 1. The molecule has 5 heteroatoms. The van der Waals surface area contributed by atoms with Crippen LogP contribution in [0.5, 0.6) is 0 Å². The molecule has 0 spiro atoms. The Hall–Kier alpha value is -2.59. The van der Waals surface area contributed by atoms with Gasteiger partial charge in [0.2, 0.25) is 0 Å². The standard InChI is InChI=1S/C23H24ClNO3/c1-4-12-25-20(16-10-8-15(9-11-16)14(2)3)19(22(27)23(25)28)21(26)17-6-5-7-18(24)13-17/h5-11,13-14,20,26H,4,12H2,1-3H3/b21-19-. The number of aliphatic hydroxyl groups is 1. The molecule has 1 unspecified atom stereocenters. The Morgan fingerprint density at radius 3 is 2.39 bits per heavy atom. The summed E-state index contributed by atoms with van der Waals surface area (Å²) in [6, 6.07) is 13.9. The van der Waals surface area contributed by atoms with Crippen molar-refractivity contribution in [2.75, 3.05) is 6.54 Å². The molecule has 2 aromatic rings. The van der Waals surface area contributed by atoms with Crippen LogP contribution in [0.4, 0.5) is 0 Å². The Kier molecular flexibility index (Phi) is 5.90. The summed E-state index contributed by atoms with van der Waals surface area (Å²) in [6.45, 7) is 6.61. The van der Waals surface area contributed by atoms with Gasteiger partial charge in [0.1, 0.15) is 5.76 Å². The first-order valence-electron chi connectivity index (χ1n) is 9.49. The van der Waals surface area contributed by atoms with Gasteiger partial charge in [-0.05, 0) is 35.6 Å². The molecule has 4 nitrogen and oxygen atoms in total. The van der Waals surface area contributed by atoms with Gasteiger partial charge in [0.25, 0.3) is 11.7 Å². The number of likely N-dealkylation sites (tertiary alicyclic amines) is 1. The zero-order valence-electron chi connectivity index (χ0n) is 16.3. The van der Waals surface area contributed by atoms with Gasteiger partial charge in [-0.1, -0.05) is 68.8 Å². The molecular weight excluding hydrogens is 374 g/mol. The number of aliphatic hydroxyl groups excluding tert-OH is 1. The molecule has 0 aromatic heterocycles. The number of hydrogen-bond donors (Lipinski definition) is 1. The molecule has 1 N–H and O–H groups in total. The number of carbonyl (C=O) groups excluding carboxylic acids is 2. The van der Waals surface area contributed by atoms with Crippen molar-refractivity contribution in [3.8, 4) is 0 Å². The summed E-state index contributed by atoms with van der Waals surface area (Å²) in [5.74, 6) is -1.06. The Labute approximate surface area is 170 Å². The van der Waals surface area contributed by atoms with E-state index in [0.29, 0.717) is 29.5 Å². The summed E-state index contributed by atoms with van der Waals surface area (Å²) in [6.07, 6.45) is 0.713. The normalized spacial score (nSPS) is 18.9. The molecule has 0 radical (unpaired) electrons. The van der Waals surface area contributed by atoms with Crippen molar-refractivity contribution < 1.29 is 14.7 Å². The molecule has 1 atom stereocenters. The second kappa shape index (κ2) is 8.19. The lowest BCUT2D eigenvalue weighted by molar-refractivity contribution is -0.139. The van der Waals surface area contributed by atoms with Gasteiger partial charge in [0, 0.05) is 17.1 Å². The number of hydrogen-bond acceptors (Lipinski definition) is 3. The quantitative estimate of drug-likeness (QED) is 0.423. The van der Waals surface area contributed by atoms with E-state index in [-0.39, 0.29) is 11.3 Å². The lowest BCUT2D eigenvalue weighted by Gasteiger charge is -2.25. The highest BCUT2D eigenvalue weighted by Gasteiger charge is 2.45. The summed E-state index contributed by atoms with van der Waals surface area (Å²) in [4.78, 5) is 27.0. The van der Waals surface area contributed by atoms with E-state index >= 15 is 0 Å². The van der Waals surface area contributed by atoms with Crippen LogP contribution in [0.15, 0.2) is 54.1 Å². The van der Waals surface area contributed by atoms with Crippen LogP contribution >= 0.6 is 11.6 Å². The third-order valence-corrected chi connectivity index (χ3v) is 5.26. The number of benzene rings is 2. The highest BCUT2D eigenvalue weighted by Crippen LogP contribution is 2.40. The van der Waals surface area contributed by atoms with Crippen LogP contribution in [0.1, 0.15) is 55.8 Å². The number of amides is 1. The van der Waals surface area contributed by atoms with Crippen molar-refractivity contribution in [3.63, 3.8) is 0 Å². The van der Waals surface area contributed by atoms with Gasteiger partial charge in [0.15, 0.2) is 0 Å². The molecule has 1 aliphatic heterocycles. The van der Waals surface area contributed by atoms with Crippen molar-refractivity contribution >= 4 is 29.1 Å². The molecule has 1 amide bonds. The Balaban J connectivity index is 2.16. The average Bonchev–Trinajstić information content (AvgIpc) is 2.93. The van der Waals surface area contributed by atoms with Gasteiger partial charge in [-0.25, -0.2) is 0 Å². The van der Waals surface area contributed by atoms with Gasteiger partial charge in [-0.15, -0.1) is 0 Å². The number of rotatable bonds is 5. The minimum atomic E-state index is -0.663. The largest absolute Gasteiger partial charge is 0.507 e. The third-order valence-electron chi connectivity index (χ3n) is 5.02. The predicted molar refractivity (Wildman–Crippen MR) is 111 cm³/mol. The highest BCUT2D eigenvalue weighted by molar-refractivity contribution is 6.46. The van der Waals surface area contributed by atoms with Crippen molar-refractivity contribution in [2.24, 2.45) is 0 Å². The lowest BCUT2D eigenvalue weighted by Crippen LogP contribution is -2.30. The molecule has 0 bridgehead atoms. The molecule has 28 heavy (non-hydrogen) atoms. The molecule has 1 aliphatic rings. The Morgan fingerprint density at radius 1 is 1.14 bits per heavy atom. The molecule has 0 aliphatic carbocycles. The van der Waals surface area contributed by atoms with E-state index < -0.39 is 17.7 Å². The number of halogens is 1. The van der Waals surface area contributed by atoms with E-state index in [1.807, 2.05) is 31.2 Å². The van der Waals surface area contributed by atoms with Crippen molar-refractivity contribution in [3.05, 3.63) is 75.8 Å². The van der Waals surface area contributed by atoms with Crippen LogP contribution < -0.4 is 0 Å². The van der Waals surface area contributed by atoms with E-state index in [9.17, 15) is 14.7 Å². The first-order chi connectivity index (χ1) is 13.3. The van der Waals surface area contributed by atoms with Crippen molar-refractivity contribution in [1.29, 1.82) is 0 Å². The molecule has 3 rings (SSSR count). The fourth-order valence-corrected chi connectivity index (χ4v) is 3.74. The number of Topliss-reactive ketones (excluding diaryl/α,β-unsaturated/α-hetero) is 1. The second-order valence-electron chi connectivity index (χ2n) is 7.32. The molecule has 1 heterocycles. The van der Waals surface area contributed by atoms with Crippen molar-refractivity contribution in [2.45, 2.75) is 39.2 Å². The maximum Gasteiger partial charge on any atom is 0.295 e. The molecule has 146 valence electrons. The highest BCUT2D eigenvalue weighted by atomic mass is 35.5. The summed E-state index contributed by atoms with van der Waals surface area (Å²) in [5, 5.41) is 11.4. The van der Waals surface area contributed by atoms with Gasteiger partial charge >= 0.3 is 0 Å². The SMILES string of the molecule is CCCN1C(=O)C(=O)/C(=C(\O)c2cccc(Cl)c2)C1c1ccc(C(C)C)cc1. The van der Waals surface area contributed by atoms with E-state index in [0.717, 1.165) is 5.56 Å². The van der Waals surface area contributed by atoms with Crippen LogP contribution in [0, 0.1) is 0 Å². The molecular formula is C23H24ClNO3. The fourth-order valence-electron chi connectivity index (χ4n) is 3.55. The van der Waals surface area contributed by atoms with E-state index in [1.54, 1.807) is 29.2 Å². The van der Waals surface area contributed by atoms with Crippen LogP contribution in [-0.4, -0.2) is 28.2 Å². The van der Waals surface area contributed by atoms with E-state index in [1.165, 1.54) is 5.56 Å². The van der Waals surface area contributed by atoms with Gasteiger partial charge in [0.05, 0.1) is 11.6 Å². The van der Waals surface area contributed by atoms with Gasteiger partial charge in [-0.2, -0.15) is 0 Å². The predicted octanol–water partition coefficient (Wildman–Crippen LogP) is 5.30. The zero-order chi connectivity index (χ0) is 20.4. The maximum atomic E-state index is 12.8. The monoisotopic (exact) mass is 397 g/mol. The summed E-state index contributed by atoms with van der Waals surface area (Å²) in [5.41, 5.74) is 2.51. The maximum absolute atomic E-state index is 12.8. The second-order valence-corrected chi connectivity index (χ2v) is 7.76. The smallest absolute Gasteiger partial charge is 0.295 e. The van der Waals surface area contributed by atoms with Crippen LogP contribution in [0.3, 0.4) is 0 Å². The first kappa shape index (κ1) is 20.2. The lowest BCUT2D eigenvalue weighted by atomic mass is 9.93. The van der Waals surface area contributed by atoms with Crippen LogP contribution in [0.2, 0.25) is 5.02 Å².